The zero-order valence-electron chi connectivity index (χ0n) is 15.0. The lowest BCUT2D eigenvalue weighted by Gasteiger charge is -2.17. The Morgan fingerprint density at radius 3 is 3.04 bits per heavy atom. The molecule has 3 aromatic rings. The molecule has 0 bridgehead atoms. The first-order chi connectivity index (χ1) is 12.6. The van der Waals surface area contributed by atoms with Crippen LogP contribution in [0.1, 0.15) is 25.3 Å². The minimum absolute atomic E-state index is 0.0421. The van der Waals surface area contributed by atoms with Gasteiger partial charge in [0.15, 0.2) is 18.0 Å². The maximum atomic E-state index is 11.4. The molecule has 0 aliphatic carbocycles. The molecule has 0 aliphatic rings. The normalized spacial score (nSPS) is 12.2. The highest BCUT2D eigenvalue weighted by Crippen LogP contribution is 2.17. The Morgan fingerprint density at radius 2 is 2.31 bits per heavy atom. The van der Waals surface area contributed by atoms with Crippen LogP contribution in [0.3, 0.4) is 0 Å². The van der Waals surface area contributed by atoms with Crippen molar-refractivity contribution in [1.29, 1.82) is 0 Å². The minimum Gasteiger partial charge on any atom is -0.619 e. The van der Waals surface area contributed by atoms with Crippen LogP contribution in [0.15, 0.2) is 36.8 Å². The van der Waals surface area contributed by atoms with Crippen LogP contribution >= 0.6 is 0 Å². The molecule has 0 unspecified atom stereocenters. The number of nitrogens with zero attached hydrogens (tertiary/aromatic N) is 4. The van der Waals surface area contributed by atoms with E-state index in [0.29, 0.717) is 12.4 Å². The van der Waals surface area contributed by atoms with Gasteiger partial charge in [-0.25, -0.2) is 4.98 Å². The van der Waals surface area contributed by atoms with E-state index in [-0.39, 0.29) is 12.6 Å². The van der Waals surface area contributed by atoms with Gasteiger partial charge in [-0.1, -0.05) is 13.3 Å². The second-order valence-electron chi connectivity index (χ2n) is 6.33. The topological polar surface area (TPSA) is 101 Å². The van der Waals surface area contributed by atoms with Gasteiger partial charge in [0, 0.05) is 30.4 Å². The number of fused-ring (bicyclic) bond motifs is 1. The fraction of sp³-hybridized carbons (Fsp3) is 0.353. The quantitative estimate of drug-likeness (QED) is 0.294. The zero-order valence-corrected chi connectivity index (χ0v) is 15.0. The first-order valence-corrected chi connectivity index (χ1v) is 8.75. The van der Waals surface area contributed by atoms with Crippen molar-refractivity contribution in [3.63, 3.8) is 0 Å². The summed E-state index contributed by atoms with van der Waals surface area (Å²) < 4.78 is 2.52. The van der Waals surface area contributed by atoms with E-state index < -0.39 is 0 Å². The molecule has 3 heterocycles. The number of nitrogens with one attached hydrogen (secondary N) is 2. The van der Waals surface area contributed by atoms with Crippen LogP contribution in [-0.4, -0.2) is 40.2 Å². The number of rotatable bonds is 8. The monoisotopic (exact) mass is 354 g/mol. The molecule has 0 amide bonds. The van der Waals surface area contributed by atoms with Crippen molar-refractivity contribution < 1.29 is 9.84 Å². The number of hydrogen-bond acceptors (Lipinski definition) is 6. The fourth-order valence-electron chi connectivity index (χ4n) is 2.84. The number of aliphatic hydroxyl groups excluding tert-OH is 1. The van der Waals surface area contributed by atoms with Crippen LogP contribution in [0.4, 0.5) is 11.6 Å². The highest BCUT2D eigenvalue weighted by molar-refractivity contribution is 6.36. The predicted octanol–water partition coefficient (Wildman–Crippen LogP) is -0.194. The molecule has 26 heavy (non-hydrogen) atoms. The molecule has 9 heteroatoms. The van der Waals surface area contributed by atoms with E-state index in [1.54, 1.807) is 16.8 Å². The molecule has 0 aromatic carbocycles. The summed E-state index contributed by atoms with van der Waals surface area (Å²) in [4.78, 5) is 4.62. The second kappa shape index (κ2) is 8.05. The van der Waals surface area contributed by atoms with E-state index >= 15 is 0 Å². The summed E-state index contributed by atoms with van der Waals surface area (Å²) in [6.07, 6.45) is 6.58. The van der Waals surface area contributed by atoms with Crippen LogP contribution in [0.25, 0.3) is 5.65 Å². The van der Waals surface area contributed by atoms with Crippen molar-refractivity contribution >= 4 is 30.6 Å². The van der Waals surface area contributed by atoms with Crippen LogP contribution in [-0.2, 0) is 6.54 Å². The average molecular weight is 354 g/mol. The first kappa shape index (κ1) is 18.0. The lowest BCUT2D eigenvalue weighted by atomic mass is 10.0. The van der Waals surface area contributed by atoms with Gasteiger partial charge in [0.05, 0.1) is 12.6 Å². The SMILES string of the molecule is Bc1cnn2c(NCc3ccc[n+]([O-])c3)cc(N[C@H](CO)CCC)nc12. The second-order valence-corrected chi connectivity index (χ2v) is 6.33. The molecule has 3 aromatic heterocycles. The molecular weight excluding hydrogens is 331 g/mol. The molecule has 136 valence electrons. The smallest absolute Gasteiger partial charge is 0.185 e. The molecule has 0 radical (unpaired) electrons. The summed E-state index contributed by atoms with van der Waals surface area (Å²) in [6, 6.07) is 5.43. The van der Waals surface area contributed by atoms with Crippen LogP contribution in [0, 0.1) is 5.21 Å². The summed E-state index contributed by atoms with van der Waals surface area (Å²) in [5, 5.41) is 31.9. The van der Waals surface area contributed by atoms with Gasteiger partial charge in [0.1, 0.15) is 19.5 Å². The van der Waals surface area contributed by atoms with E-state index in [0.717, 1.165) is 40.1 Å². The lowest BCUT2D eigenvalue weighted by Crippen LogP contribution is -2.25. The molecule has 0 saturated carbocycles. The Hall–Kier alpha value is -2.81. The number of anilines is 2. The summed E-state index contributed by atoms with van der Waals surface area (Å²) in [5.74, 6) is 1.45. The van der Waals surface area contributed by atoms with Gasteiger partial charge in [-0.2, -0.15) is 14.3 Å². The molecule has 0 fully saturated rings. The van der Waals surface area contributed by atoms with E-state index in [4.69, 9.17) is 0 Å². The van der Waals surface area contributed by atoms with Gasteiger partial charge < -0.3 is 20.9 Å². The molecule has 8 nitrogen and oxygen atoms in total. The van der Waals surface area contributed by atoms with Gasteiger partial charge in [-0.15, -0.1) is 0 Å². The molecule has 0 aliphatic heterocycles. The maximum absolute atomic E-state index is 11.4. The average Bonchev–Trinajstić information content (AvgIpc) is 3.00. The Bertz CT molecular complexity index is 885. The third kappa shape index (κ3) is 4.05. The zero-order chi connectivity index (χ0) is 18.5. The fourth-order valence-corrected chi connectivity index (χ4v) is 2.84. The number of pyridine rings is 1. The minimum atomic E-state index is -0.0421. The third-order valence-corrected chi connectivity index (χ3v) is 4.17. The Morgan fingerprint density at radius 1 is 1.46 bits per heavy atom. The predicted molar refractivity (Wildman–Crippen MR) is 103 cm³/mol. The number of aliphatic hydroxyl groups is 1. The summed E-state index contributed by atoms with van der Waals surface area (Å²) in [5.41, 5.74) is 2.58. The molecule has 3 rings (SSSR count). The highest BCUT2D eigenvalue weighted by Gasteiger charge is 2.12. The molecule has 1 atom stereocenters. The van der Waals surface area contributed by atoms with E-state index in [1.165, 1.54) is 12.4 Å². The van der Waals surface area contributed by atoms with E-state index in [9.17, 15) is 10.3 Å². The van der Waals surface area contributed by atoms with Gasteiger partial charge in [-0.3, -0.25) is 0 Å². The molecular formula is C17H23BN6O2. The molecule has 0 saturated heterocycles. The lowest BCUT2D eigenvalue weighted by molar-refractivity contribution is -0.605. The van der Waals surface area contributed by atoms with Crippen molar-refractivity contribution in [3.8, 4) is 0 Å². The first-order valence-electron chi connectivity index (χ1n) is 8.75. The highest BCUT2D eigenvalue weighted by atomic mass is 16.5. The summed E-state index contributed by atoms with van der Waals surface area (Å²) in [7, 11) is 1.95. The van der Waals surface area contributed by atoms with Gasteiger partial charge in [0.2, 0.25) is 0 Å². The van der Waals surface area contributed by atoms with Crippen molar-refractivity contribution in [2.24, 2.45) is 0 Å². The maximum Gasteiger partial charge on any atom is 0.185 e. The Kier molecular flexibility index (Phi) is 5.57. The molecule has 3 N–H and O–H groups in total. The van der Waals surface area contributed by atoms with Crippen molar-refractivity contribution in [2.75, 3.05) is 17.2 Å². The van der Waals surface area contributed by atoms with Crippen molar-refractivity contribution in [3.05, 3.63) is 47.6 Å². The summed E-state index contributed by atoms with van der Waals surface area (Å²) in [6.45, 7) is 2.62. The number of hydrogen-bond donors (Lipinski definition) is 3. The van der Waals surface area contributed by atoms with E-state index in [1.807, 2.05) is 20.0 Å². The summed E-state index contributed by atoms with van der Waals surface area (Å²) >= 11 is 0. The standard InChI is InChI=1S/C17H23BN6O2/c1-2-4-13(11-25)21-15-7-16(24-17(22-15)14(18)9-20-24)19-8-12-5-3-6-23(26)10-12/h3,5-7,9-10,13,19,25H,2,4,8,11,18H2,1H3,(H,21,22)/t13-/m0/s1. The number of aromatic nitrogens is 4. The van der Waals surface area contributed by atoms with Crippen LogP contribution in [0.2, 0.25) is 0 Å². The van der Waals surface area contributed by atoms with Gasteiger partial charge in [0.25, 0.3) is 0 Å². The van der Waals surface area contributed by atoms with Gasteiger partial charge >= 0.3 is 0 Å². The largest absolute Gasteiger partial charge is 0.619 e. The van der Waals surface area contributed by atoms with Gasteiger partial charge in [-0.05, 0) is 17.9 Å². The van der Waals surface area contributed by atoms with Crippen molar-refractivity contribution in [2.45, 2.75) is 32.4 Å². The Balaban J connectivity index is 1.87. The van der Waals surface area contributed by atoms with Crippen LogP contribution in [0.5, 0.6) is 0 Å². The van der Waals surface area contributed by atoms with E-state index in [2.05, 4.69) is 27.6 Å². The molecule has 0 spiro atoms. The third-order valence-electron chi connectivity index (χ3n) is 4.17. The van der Waals surface area contributed by atoms with Crippen LogP contribution < -0.4 is 20.8 Å². The van der Waals surface area contributed by atoms with Crippen molar-refractivity contribution in [1.82, 2.24) is 14.6 Å². The Labute approximate surface area is 152 Å².